The largest absolute Gasteiger partial charge is 0.493 e. The van der Waals surface area contributed by atoms with Crippen LogP contribution >= 0.6 is 0 Å². The van der Waals surface area contributed by atoms with Gasteiger partial charge in [-0.3, -0.25) is 4.90 Å². The summed E-state index contributed by atoms with van der Waals surface area (Å²) in [6.07, 6.45) is 4.74. The number of oxazole rings is 1. The Morgan fingerprint density at radius 3 is 2.61 bits per heavy atom. The predicted molar refractivity (Wildman–Crippen MR) is 127 cm³/mol. The number of aromatic nitrogens is 1. The first-order valence-electron chi connectivity index (χ1n) is 12.1. The summed E-state index contributed by atoms with van der Waals surface area (Å²) in [6, 6.07) is 6.28. The van der Waals surface area contributed by atoms with Crippen LogP contribution < -0.4 is 9.64 Å². The van der Waals surface area contributed by atoms with Crippen molar-refractivity contribution in [2.75, 3.05) is 31.2 Å². The number of benzene rings is 1. The standard InChI is InChI=1S/C25H37N3O5/c1-17(28(24(29)30)25(2,3)4)15-31-19-10-12-27(13-11-19)23-26-21-9-8-20(14-22(21)33-23)32-16-18-6-5-7-18/h8-9,14,17-19H,5-7,10-13,15-16H2,1-4H3,(H,29,30)/t17-/m0/s1. The molecular weight excluding hydrogens is 422 g/mol. The van der Waals surface area contributed by atoms with E-state index in [0.717, 1.165) is 49.4 Å². The Kier molecular flexibility index (Phi) is 7.02. The molecule has 4 rings (SSSR count). The lowest BCUT2D eigenvalue weighted by Crippen LogP contribution is -2.52. The predicted octanol–water partition coefficient (Wildman–Crippen LogP) is 5.16. The van der Waals surface area contributed by atoms with Gasteiger partial charge in [-0.05, 0) is 71.4 Å². The van der Waals surface area contributed by atoms with Crippen LogP contribution in [0.2, 0.25) is 0 Å². The van der Waals surface area contributed by atoms with Crippen molar-refractivity contribution in [1.29, 1.82) is 0 Å². The van der Waals surface area contributed by atoms with E-state index in [-0.39, 0.29) is 12.1 Å². The molecule has 1 aromatic heterocycles. The Balaban J connectivity index is 1.28. The summed E-state index contributed by atoms with van der Waals surface area (Å²) in [5.74, 6) is 1.53. The highest BCUT2D eigenvalue weighted by Gasteiger charge is 2.32. The van der Waals surface area contributed by atoms with Crippen LogP contribution in [0.5, 0.6) is 5.75 Å². The van der Waals surface area contributed by atoms with Crippen molar-refractivity contribution >= 4 is 23.2 Å². The number of carboxylic acid groups (broad SMARTS) is 1. The van der Waals surface area contributed by atoms with E-state index in [2.05, 4.69) is 9.88 Å². The van der Waals surface area contributed by atoms with E-state index in [4.69, 9.17) is 13.9 Å². The molecule has 2 fully saturated rings. The first kappa shape index (κ1) is 23.7. The molecule has 2 aliphatic rings. The van der Waals surface area contributed by atoms with Gasteiger partial charge in [0, 0.05) is 24.7 Å². The average Bonchev–Trinajstić information content (AvgIpc) is 3.13. The van der Waals surface area contributed by atoms with Gasteiger partial charge in [0.15, 0.2) is 5.58 Å². The minimum atomic E-state index is -0.916. The number of carbonyl (C=O) groups is 1. The van der Waals surface area contributed by atoms with Crippen LogP contribution in [-0.4, -0.2) is 65.1 Å². The number of amides is 1. The van der Waals surface area contributed by atoms with Crippen molar-refractivity contribution < 1.29 is 23.8 Å². The zero-order valence-electron chi connectivity index (χ0n) is 20.2. The van der Waals surface area contributed by atoms with Crippen LogP contribution in [0.15, 0.2) is 22.6 Å². The zero-order chi connectivity index (χ0) is 23.6. The highest BCUT2D eigenvalue weighted by Crippen LogP contribution is 2.30. The summed E-state index contributed by atoms with van der Waals surface area (Å²) in [7, 11) is 0. The second-order valence-electron chi connectivity index (χ2n) is 10.4. The van der Waals surface area contributed by atoms with E-state index >= 15 is 0 Å². The number of rotatable bonds is 8. The van der Waals surface area contributed by atoms with Gasteiger partial charge < -0.3 is 23.9 Å². The molecule has 0 bridgehead atoms. The van der Waals surface area contributed by atoms with E-state index < -0.39 is 11.6 Å². The van der Waals surface area contributed by atoms with Gasteiger partial charge in [-0.15, -0.1) is 0 Å². The molecule has 2 heterocycles. The van der Waals surface area contributed by atoms with Gasteiger partial charge in [-0.2, -0.15) is 4.98 Å². The molecule has 1 aliphatic carbocycles. The van der Waals surface area contributed by atoms with Gasteiger partial charge >= 0.3 is 6.09 Å². The number of piperidine rings is 1. The molecule has 0 radical (unpaired) electrons. The Morgan fingerprint density at radius 1 is 1.27 bits per heavy atom. The molecule has 1 saturated carbocycles. The fourth-order valence-electron chi connectivity index (χ4n) is 4.69. The van der Waals surface area contributed by atoms with Crippen molar-refractivity contribution in [3.8, 4) is 5.75 Å². The number of fused-ring (bicyclic) bond motifs is 1. The van der Waals surface area contributed by atoms with Crippen molar-refractivity contribution in [3.63, 3.8) is 0 Å². The van der Waals surface area contributed by atoms with Gasteiger partial charge in [-0.1, -0.05) is 6.42 Å². The average molecular weight is 460 g/mol. The van der Waals surface area contributed by atoms with Gasteiger partial charge in [0.25, 0.3) is 6.01 Å². The van der Waals surface area contributed by atoms with Crippen molar-refractivity contribution in [1.82, 2.24) is 9.88 Å². The van der Waals surface area contributed by atoms with Crippen molar-refractivity contribution in [3.05, 3.63) is 18.2 Å². The summed E-state index contributed by atoms with van der Waals surface area (Å²) in [5, 5.41) is 9.56. The Labute approximate surface area is 195 Å². The Bertz CT molecular complexity index is 941. The SMILES string of the molecule is C[C@@H](COC1CCN(c2nc3ccc(OCC4CCC4)cc3o2)CC1)N(C(=O)O)C(C)(C)C. The molecule has 1 amide bonds. The Hall–Kier alpha value is -2.48. The molecule has 1 N–H and O–H groups in total. The van der Waals surface area contributed by atoms with Crippen LogP contribution in [0, 0.1) is 5.92 Å². The normalized spacial score (nSPS) is 18.8. The molecule has 8 heteroatoms. The van der Waals surface area contributed by atoms with Crippen LogP contribution in [0.3, 0.4) is 0 Å². The third-order valence-corrected chi connectivity index (χ3v) is 6.71. The van der Waals surface area contributed by atoms with Crippen LogP contribution in [0.25, 0.3) is 11.1 Å². The quantitative estimate of drug-likeness (QED) is 0.583. The van der Waals surface area contributed by atoms with Crippen LogP contribution in [-0.2, 0) is 4.74 Å². The van der Waals surface area contributed by atoms with Gasteiger partial charge in [0.1, 0.15) is 11.3 Å². The zero-order valence-corrected chi connectivity index (χ0v) is 20.2. The molecule has 2 aromatic rings. The summed E-state index contributed by atoms with van der Waals surface area (Å²) < 4.78 is 18.1. The van der Waals surface area contributed by atoms with E-state index in [9.17, 15) is 9.90 Å². The number of nitrogens with zero attached hydrogens (tertiary/aromatic N) is 3. The van der Waals surface area contributed by atoms with Gasteiger partial charge in [-0.25, -0.2) is 4.79 Å². The topological polar surface area (TPSA) is 88.3 Å². The van der Waals surface area contributed by atoms with Crippen molar-refractivity contribution in [2.24, 2.45) is 5.92 Å². The van der Waals surface area contributed by atoms with Crippen LogP contribution in [0.4, 0.5) is 10.8 Å². The summed E-state index contributed by atoms with van der Waals surface area (Å²) in [4.78, 5) is 19.9. The first-order chi connectivity index (χ1) is 15.7. The van der Waals surface area contributed by atoms with Crippen LogP contribution in [0.1, 0.15) is 59.8 Å². The number of anilines is 1. The van der Waals surface area contributed by atoms with E-state index in [1.54, 1.807) is 0 Å². The van der Waals surface area contributed by atoms with Gasteiger partial charge in [0.05, 0.1) is 25.4 Å². The third kappa shape index (κ3) is 5.72. The fourth-order valence-corrected chi connectivity index (χ4v) is 4.69. The molecular formula is C25H37N3O5. The maximum atomic E-state index is 11.7. The lowest BCUT2D eigenvalue weighted by molar-refractivity contribution is -0.0142. The molecule has 0 unspecified atom stereocenters. The molecule has 0 spiro atoms. The second-order valence-corrected chi connectivity index (χ2v) is 10.4. The Morgan fingerprint density at radius 2 is 2.00 bits per heavy atom. The molecule has 1 atom stereocenters. The fraction of sp³-hybridized carbons (Fsp3) is 0.680. The van der Waals surface area contributed by atoms with Crippen molar-refractivity contribution in [2.45, 2.75) is 77.5 Å². The molecule has 1 aromatic carbocycles. The minimum Gasteiger partial charge on any atom is -0.493 e. The highest BCUT2D eigenvalue weighted by molar-refractivity contribution is 5.76. The molecule has 33 heavy (non-hydrogen) atoms. The lowest BCUT2D eigenvalue weighted by Gasteiger charge is -2.39. The summed E-state index contributed by atoms with van der Waals surface area (Å²) >= 11 is 0. The minimum absolute atomic E-state index is 0.107. The summed E-state index contributed by atoms with van der Waals surface area (Å²) in [6.45, 7) is 10.4. The third-order valence-electron chi connectivity index (χ3n) is 6.71. The maximum absolute atomic E-state index is 11.7. The first-order valence-corrected chi connectivity index (χ1v) is 12.1. The van der Waals surface area contributed by atoms with E-state index in [1.165, 1.54) is 24.2 Å². The highest BCUT2D eigenvalue weighted by atomic mass is 16.5. The second kappa shape index (κ2) is 9.79. The maximum Gasteiger partial charge on any atom is 0.408 e. The van der Waals surface area contributed by atoms with E-state index in [0.29, 0.717) is 18.5 Å². The molecule has 8 nitrogen and oxygen atoms in total. The number of ether oxygens (including phenoxy) is 2. The smallest absolute Gasteiger partial charge is 0.408 e. The van der Waals surface area contributed by atoms with Gasteiger partial charge in [0.2, 0.25) is 0 Å². The monoisotopic (exact) mass is 459 g/mol. The molecule has 1 saturated heterocycles. The van der Waals surface area contributed by atoms with E-state index in [1.807, 2.05) is 45.9 Å². The number of hydrogen-bond acceptors (Lipinski definition) is 6. The summed E-state index contributed by atoms with van der Waals surface area (Å²) in [5.41, 5.74) is 1.12. The molecule has 182 valence electrons. The lowest BCUT2D eigenvalue weighted by atomic mass is 9.86. The number of hydrogen-bond donors (Lipinski definition) is 1. The molecule has 1 aliphatic heterocycles.